The van der Waals surface area contributed by atoms with Gasteiger partial charge < -0.3 is 9.88 Å². The summed E-state index contributed by atoms with van der Waals surface area (Å²) >= 11 is 0. The number of fused-ring (bicyclic) bond motifs is 1. The smallest absolute Gasteiger partial charge is 0.345 e. The van der Waals surface area contributed by atoms with Crippen LogP contribution in [0.25, 0.3) is 11.0 Å². The van der Waals surface area contributed by atoms with Gasteiger partial charge in [-0.15, -0.1) is 0 Å². The molecule has 0 fully saturated rings. The molecule has 0 spiro atoms. The van der Waals surface area contributed by atoms with Crippen LogP contribution in [0.4, 0.5) is 13.2 Å². The van der Waals surface area contributed by atoms with Crippen molar-refractivity contribution in [2.45, 2.75) is 18.6 Å². The van der Waals surface area contributed by atoms with Gasteiger partial charge in [0.25, 0.3) is 5.91 Å². The molecule has 1 atom stereocenters. The highest BCUT2D eigenvalue weighted by molar-refractivity contribution is 5.96. The van der Waals surface area contributed by atoms with E-state index in [4.69, 9.17) is 0 Å². The summed E-state index contributed by atoms with van der Waals surface area (Å²) in [5.41, 5.74) is 1.19. The number of carbonyl (C=O) groups is 1. The van der Waals surface area contributed by atoms with Crippen LogP contribution < -0.4 is 5.32 Å². The first-order valence-electron chi connectivity index (χ1n) is 9.77. The minimum Gasteiger partial charge on any atom is -0.345 e. The fourth-order valence-electron chi connectivity index (χ4n) is 3.66. The van der Waals surface area contributed by atoms with Gasteiger partial charge in [-0.25, -0.2) is 4.98 Å². The molecule has 4 rings (SSSR count). The van der Waals surface area contributed by atoms with Gasteiger partial charge >= 0.3 is 6.18 Å². The Hall–Kier alpha value is -3.61. The Morgan fingerprint density at radius 2 is 1.61 bits per heavy atom. The molecule has 7 heteroatoms. The molecule has 1 aromatic heterocycles. The maximum atomic E-state index is 13.4. The van der Waals surface area contributed by atoms with Crippen LogP contribution in [0.5, 0.6) is 0 Å². The van der Waals surface area contributed by atoms with Gasteiger partial charge in [0.2, 0.25) is 0 Å². The molecular weight excluding hydrogens is 403 g/mol. The quantitative estimate of drug-likeness (QED) is 0.473. The monoisotopic (exact) mass is 423 g/mol. The molecule has 3 aromatic carbocycles. The molecule has 0 saturated carbocycles. The molecule has 0 saturated heterocycles. The number of benzene rings is 3. The van der Waals surface area contributed by atoms with E-state index in [1.807, 2.05) is 66.2 Å². The second kappa shape index (κ2) is 8.26. The van der Waals surface area contributed by atoms with Crippen LogP contribution in [0.2, 0.25) is 0 Å². The molecule has 1 amide bonds. The van der Waals surface area contributed by atoms with Gasteiger partial charge in [-0.2, -0.15) is 13.2 Å². The lowest BCUT2D eigenvalue weighted by molar-refractivity contribution is -0.137. The van der Waals surface area contributed by atoms with E-state index < -0.39 is 29.3 Å². The lowest BCUT2D eigenvalue weighted by Crippen LogP contribution is -2.32. The number of halogens is 3. The summed E-state index contributed by atoms with van der Waals surface area (Å²) in [6, 6.07) is 21.1. The normalized spacial score (nSPS) is 12.6. The predicted octanol–water partition coefficient (Wildman–Crippen LogP) is 5.31. The Kier molecular flexibility index (Phi) is 5.50. The van der Waals surface area contributed by atoms with Gasteiger partial charge in [0, 0.05) is 13.5 Å². The molecule has 0 aliphatic heterocycles. The van der Waals surface area contributed by atoms with Crippen LogP contribution in [0.3, 0.4) is 0 Å². The number of nitrogens with one attached hydrogen (secondary N) is 1. The summed E-state index contributed by atoms with van der Waals surface area (Å²) in [4.78, 5) is 17.6. The topological polar surface area (TPSA) is 46.9 Å². The Morgan fingerprint density at radius 3 is 2.32 bits per heavy atom. The third-order valence-electron chi connectivity index (χ3n) is 5.25. The van der Waals surface area contributed by atoms with Gasteiger partial charge in [-0.05, 0) is 29.8 Å². The third kappa shape index (κ3) is 4.30. The van der Waals surface area contributed by atoms with Crippen LogP contribution in [0.1, 0.15) is 33.4 Å². The van der Waals surface area contributed by atoms with Crippen molar-refractivity contribution < 1.29 is 18.0 Å². The third-order valence-corrected chi connectivity index (χ3v) is 5.25. The summed E-state index contributed by atoms with van der Waals surface area (Å²) in [6.45, 7) is 0. The summed E-state index contributed by atoms with van der Waals surface area (Å²) in [5.74, 6) is -0.0556. The van der Waals surface area contributed by atoms with Crippen LogP contribution in [0.15, 0.2) is 78.9 Å². The zero-order chi connectivity index (χ0) is 22.0. The first-order valence-corrected chi connectivity index (χ1v) is 9.77. The van der Waals surface area contributed by atoms with Crippen LogP contribution in [0, 0.1) is 0 Å². The highest BCUT2D eigenvalue weighted by Gasteiger charge is 2.35. The van der Waals surface area contributed by atoms with Crippen molar-refractivity contribution in [2.75, 3.05) is 0 Å². The van der Waals surface area contributed by atoms with Crippen LogP contribution in [-0.2, 0) is 19.6 Å². The number of hydrogen-bond acceptors (Lipinski definition) is 2. The molecule has 0 radical (unpaired) electrons. The summed E-state index contributed by atoms with van der Waals surface area (Å²) in [5, 5.41) is 2.79. The maximum absolute atomic E-state index is 13.4. The number of aryl methyl sites for hydroxylation is 1. The molecule has 1 heterocycles. The molecule has 4 nitrogen and oxygen atoms in total. The molecule has 0 bridgehead atoms. The number of aromatic nitrogens is 2. The van der Waals surface area contributed by atoms with Crippen molar-refractivity contribution in [1.29, 1.82) is 0 Å². The second-order valence-electron chi connectivity index (χ2n) is 7.26. The van der Waals surface area contributed by atoms with Crippen molar-refractivity contribution >= 4 is 16.9 Å². The van der Waals surface area contributed by atoms with E-state index in [0.29, 0.717) is 6.42 Å². The average molecular weight is 423 g/mol. The summed E-state index contributed by atoms with van der Waals surface area (Å²) < 4.78 is 42.1. The Bertz CT molecular complexity index is 1220. The van der Waals surface area contributed by atoms with E-state index in [-0.39, 0.29) is 0 Å². The zero-order valence-electron chi connectivity index (χ0n) is 16.7. The predicted molar refractivity (Wildman–Crippen MR) is 113 cm³/mol. The number of carbonyl (C=O) groups excluding carboxylic acids is 1. The molecular formula is C24H20F3N3O. The molecule has 0 aliphatic carbocycles. The molecule has 0 unspecified atom stereocenters. The number of hydrogen-bond donors (Lipinski definition) is 1. The first-order chi connectivity index (χ1) is 14.8. The minimum atomic E-state index is -4.62. The Labute approximate surface area is 177 Å². The number of rotatable bonds is 5. The highest BCUT2D eigenvalue weighted by atomic mass is 19.4. The molecule has 158 valence electrons. The lowest BCUT2D eigenvalue weighted by Gasteiger charge is -2.20. The highest BCUT2D eigenvalue weighted by Crippen LogP contribution is 2.32. The van der Waals surface area contributed by atoms with E-state index in [9.17, 15) is 18.0 Å². The van der Waals surface area contributed by atoms with Crippen molar-refractivity contribution in [3.63, 3.8) is 0 Å². The fourth-order valence-corrected chi connectivity index (χ4v) is 3.66. The van der Waals surface area contributed by atoms with E-state index in [1.54, 1.807) is 0 Å². The van der Waals surface area contributed by atoms with Gasteiger partial charge in [-0.3, -0.25) is 4.79 Å². The SMILES string of the molecule is Cn1c(C[C@@H](NC(=O)c2ccccc2C(F)(F)F)c2ccccc2)nc2ccccc21. The number of nitrogens with zero attached hydrogens (tertiary/aromatic N) is 2. The molecule has 4 aromatic rings. The first kappa shape index (κ1) is 20.7. The van der Waals surface area contributed by atoms with Gasteiger partial charge in [-0.1, -0.05) is 54.6 Å². The van der Waals surface area contributed by atoms with Crippen LogP contribution in [-0.4, -0.2) is 15.5 Å². The number of amides is 1. The number of alkyl halides is 3. The Balaban J connectivity index is 1.68. The van der Waals surface area contributed by atoms with Gasteiger partial charge in [0.15, 0.2) is 0 Å². The van der Waals surface area contributed by atoms with Crippen LogP contribution >= 0.6 is 0 Å². The van der Waals surface area contributed by atoms with Crippen molar-refractivity contribution in [3.8, 4) is 0 Å². The van der Waals surface area contributed by atoms with Gasteiger partial charge in [0.05, 0.1) is 28.2 Å². The summed E-state index contributed by atoms with van der Waals surface area (Å²) in [7, 11) is 1.88. The number of para-hydroxylation sites is 2. The Morgan fingerprint density at radius 1 is 0.968 bits per heavy atom. The minimum absolute atomic E-state index is 0.328. The van der Waals surface area contributed by atoms with E-state index in [1.165, 1.54) is 18.2 Å². The lowest BCUT2D eigenvalue weighted by atomic mass is 10.0. The average Bonchev–Trinajstić information content (AvgIpc) is 3.09. The maximum Gasteiger partial charge on any atom is 0.417 e. The fraction of sp³-hybridized carbons (Fsp3) is 0.167. The van der Waals surface area contributed by atoms with Gasteiger partial charge in [0.1, 0.15) is 5.82 Å². The van der Waals surface area contributed by atoms with E-state index in [2.05, 4.69) is 10.3 Å². The van der Waals surface area contributed by atoms with Crippen molar-refractivity contribution in [3.05, 3.63) is 101 Å². The largest absolute Gasteiger partial charge is 0.417 e. The molecule has 1 N–H and O–H groups in total. The summed E-state index contributed by atoms with van der Waals surface area (Å²) in [6.07, 6.45) is -4.29. The second-order valence-corrected chi connectivity index (χ2v) is 7.26. The number of imidazole rings is 1. The van der Waals surface area contributed by atoms with E-state index >= 15 is 0 Å². The van der Waals surface area contributed by atoms with Crippen molar-refractivity contribution in [2.24, 2.45) is 7.05 Å². The van der Waals surface area contributed by atoms with Crippen molar-refractivity contribution in [1.82, 2.24) is 14.9 Å². The standard InChI is InChI=1S/C24H20F3N3O/c1-30-21-14-8-7-13-19(21)28-22(30)15-20(16-9-3-2-4-10-16)29-23(31)17-11-5-6-12-18(17)24(25,26)27/h2-14,20H,15H2,1H3,(H,29,31)/t20-/m1/s1. The van der Waals surface area contributed by atoms with E-state index in [0.717, 1.165) is 28.5 Å². The zero-order valence-corrected chi connectivity index (χ0v) is 16.7. The molecule has 0 aliphatic rings. The molecule has 31 heavy (non-hydrogen) atoms.